The molecule has 0 saturated heterocycles. The highest BCUT2D eigenvalue weighted by atomic mass is 32.2. The maximum absolute atomic E-state index is 13.7. The maximum Gasteiger partial charge on any atom is 0.261 e. The molecule has 4 rings (SSSR count). The van der Waals surface area contributed by atoms with E-state index in [4.69, 9.17) is 4.74 Å². The molecular weight excluding hydrogens is 514 g/mol. The van der Waals surface area contributed by atoms with Gasteiger partial charge >= 0.3 is 0 Å². The number of hydrogen-bond acceptors (Lipinski definition) is 6. The number of aliphatic hydroxyl groups excluding tert-OH is 1. The van der Waals surface area contributed by atoms with Crippen LogP contribution in [0, 0.1) is 18.8 Å². The van der Waals surface area contributed by atoms with Crippen molar-refractivity contribution in [2.45, 2.75) is 69.9 Å². The number of carbonyl (C=O) groups excluding carboxylic acids is 1. The van der Waals surface area contributed by atoms with Crippen LogP contribution in [-0.2, 0) is 10.0 Å². The lowest BCUT2D eigenvalue weighted by Gasteiger charge is -2.38. The lowest BCUT2D eigenvalue weighted by atomic mass is 9.89. The highest BCUT2D eigenvalue weighted by Crippen LogP contribution is 2.32. The Hall–Kier alpha value is -2.62. The maximum atomic E-state index is 13.7. The molecule has 1 amide bonds. The molecular formula is C30H43N3O5S. The van der Waals surface area contributed by atoms with Gasteiger partial charge in [0.25, 0.3) is 15.9 Å². The van der Waals surface area contributed by atoms with Gasteiger partial charge in [-0.25, -0.2) is 8.42 Å². The summed E-state index contributed by atoms with van der Waals surface area (Å²) in [7, 11) is -1.71. The minimum absolute atomic E-state index is 0.0321. The van der Waals surface area contributed by atoms with Crippen molar-refractivity contribution in [3.8, 4) is 5.75 Å². The number of aryl methyl sites for hydroxylation is 1. The molecule has 9 heteroatoms. The van der Waals surface area contributed by atoms with E-state index in [9.17, 15) is 18.3 Å². The molecule has 214 valence electrons. The smallest absolute Gasteiger partial charge is 0.261 e. The predicted octanol–water partition coefficient (Wildman–Crippen LogP) is 4.53. The van der Waals surface area contributed by atoms with Gasteiger partial charge in [0.15, 0.2) is 0 Å². The van der Waals surface area contributed by atoms with Gasteiger partial charge in [-0.3, -0.25) is 9.52 Å². The molecule has 0 unspecified atom stereocenters. The molecule has 8 nitrogen and oxygen atoms in total. The fourth-order valence-electron chi connectivity index (χ4n) is 5.63. The summed E-state index contributed by atoms with van der Waals surface area (Å²) in [6.07, 6.45) is 6.30. The second kappa shape index (κ2) is 12.7. The molecule has 1 saturated carbocycles. The van der Waals surface area contributed by atoms with Gasteiger partial charge in [0.1, 0.15) is 11.9 Å². The van der Waals surface area contributed by atoms with Gasteiger partial charge in [0, 0.05) is 31.2 Å². The minimum Gasteiger partial charge on any atom is -0.488 e. The average molecular weight is 558 g/mol. The van der Waals surface area contributed by atoms with Gasteiger partial charge in [-0.15, -0.1) is 0 Å². The lowest BCUT2D eigenvalue weighted by Crippen LogP contribution is -2.50. The van der Waals surface area contributed by atoms with Crippen molar-refractivity contribution >= 4 is 21.6 Å². The van der Waals surface area contributed by atoms with Crippen molar-refractivity contribution < 1.29 is 23.1 Å². The van der Waals surface area contributed by atoms with Gasteiger partial charge < -0.3 is 19.6 Å². The van der Waals surface area contributed by atoms with Crippen LogP contribution in [0.25, 0.3) is 0 Å². The third kappa shape index (κ3) is 7.32. The number of anilines is 1. The van der Waals surface area contributed by atoms with E-state index in [-0.39, 0.29) is 46.7 Å². The Labute approximate surface area is 233 Å². The number of aliphatic hydroxyl groups is 1. The molecule has 0 radical (unpaired) electrons. The van der Waals surface area contributed by atoms with E-state index >= 15 is 0 Å². The Morgan fingerprint density at radius 2 is 1.79 bits per heavy atom. The number of fused-ring (bicyclic) bond motifs is 1. The summed E-state index contributed by atoms with van der Waals surface area (Å²) in [5.41, 5.74) is 1.53. The van der Waals surface area contributed by atoms with Crippen LogP contribution in [0.2, 0.25) is 0 Å². The summed E-state index contributed by atoms with van der Waals surface area (Å²) in [5.74, 6) is 0.876. The third-order valence-electron chi connectivity index (χ3n) is 8.03. The molecule has 0 spiro atoms. The first kappa shape index (κ1) is 29.4. The van der Waals surface area contributed by atoms with Gasteiger partial charge in [-0.2, -0.15) is 0 Å². The molecule has 1 fully saturated rings. The van der Waals surface area contributed by atoms with Crippen LogP contribution in [0.1, 0.15) is 61.9 Å². The second-order valence-electron chi connectivity index (χ2n) is 11.5. The van der Waals surface area contributed by atoms with Gasteiger partial charge in [-0.1, -0.05) is 43.9 Å². The summed E-state index contributed by atoms with van der Waals surface area (Å²) >= 11 is 0. The molecule has 3 atom stereocenters. The van der Waals surface area contributed by atoms with E-state index in [1.165, 1.54) is 32.1 Å². The van der Waals surface area contributed by atoms with Crippen molar-refractivity contribution in [1.29, 1.82) is 0 Å². The van der Waals surface area contributed by atoms with Crippen LogP contribution >= 0.6 is 0 Å². The Kier molecular flexibility index (Phi) is 9.56. The van der Waals surface area contributed by atoms with E-state index in [1.54, 1.807) is 47.4 Å². The van der Waals surface area contributed by atoms with Crippen LogP contribution in [0.5, 0.6) is 5.75 Å². The monoisotopic (exact) mass is 557 g/mol. The van der Waals surface area contributed by atoms with Gasteiger partial charge in [-0.05, 0) is 70.0 Å². The summed E-state index contributed by atoms with van der Waals surface area (Å²) in [6, 6.07) is 11.1. The summed E-state index contributed by atoms with van der Waals surface area (Å²) in [6.45, 7) is 7.80. The Balaban J connectivity index is 1.60. The standard InChI is InChI=1S/C30H43N3O5S/c1-21-10-13-26(14-11-21)39(36,37)31-25-12-15-28-27(16-25)30(35)33(23(3)20-34)17-22(2)29(38-28)19-32(4)18-24-8-6-5-7-9-24/h10-16,22-24,29,31,34H,5-9,17-20H2,1-4H3/t22-,23+,29-/m1/s1. The first-order valence-corrected chi connectivity index (χ1v) is 15.6. The number of amides is 1. The zero-order valence-electron chi connectivity index (χ0n) is 23.6. The van der Waals surface area contributed by atoms with Crippen LogP contribution in [0.3, 0.4) is 0 Å². The average Bonchev–Trinajstić information content (AvgIpc) is 2.91. The van der Waals surface area contributed by atoms with E-state index in [0.717, 1.165) is 12.1 Å². The molecule has 2 aliphatic rings. The number of likely N-dealkylation sites (N-methyl/N-ethyl adjacent to an activating group) is 1. The number of hydrogen-bond donors (Lipinski definition) is 2. The quantitative estimate of drug-likeness (QED) is 0.470. The summed E-state index contributed by atoms with van der Waals surface area (Å²) in [5, 5.41) is 9.92. The zero-order chi connectivity index (χ0) is 28.2. The van der Waals surface area contributed by atoms with Gasteiger partial charge in [0.2, 0.25) is 0 Å². The topological polar surface area (TPSA) is 99.2 Å². The van der Waals surface area contributed by atoms with Crippen molar-refractivity contribution in [2.75, 3.05) is 38.0 Å². The number of benzene rings is 2. The van der Waals surface area contributed by atoms with Crippen LogP contribution < -0.4 is 9.46 Å². The zero-order valence-corrected chi connectivity index (χ0v) is 24.4. The van der Waals surface area contributed by atoms with Crippen LogP contribution in [-0.4, -0.2) is 74.7 Å². The first-order valence-electron chi connectivity index (χ1n) is 14.1. The lowest BCUT2D eigenvalue weighted by molar-refractivity contribution is 0.0330. The molecule has 2 aromatic carbocycles. The molecule has 2 aromatic rings. The highest BCUT2D eigenvalue weighted by Gasteiger charge is 2.34. The summed E-state index contributed by atoms with van der Waals surface area (Å²) < 4.78 is 35.1. The van der Waals surface area contributed by atoms with E-state index in [1.807, 2.05) is 13.8 Å². The van der Waals surface area contributed by atoms with E-state index in [2.05, 4.69) is 23.6 Å². The van der Waals surface area contributed by atoms with Crippen LogP contribution in [0.4, 0.5) is 5.69 Å². The molecule has 39 heavy (non-hydrogen) atoms. The van der Waals surface area contributed by atoms with Crippen molar-refractivity contribution in [2.24, 2.45) is 11.8 Å². The van der Waals surface area contributed by atoms with Crippen molar-refractivity contribution in [3.05, 3.63) is 53.6 Å². The normalized spacial score (nSPS) is 21.6. The molecule has 0 bridgehead atoms. The fourth-order valence-corrected chi connectivity index (χ4v) is 6.68. The Bertz CT molecular complexity index is 1230. The highest BCUT2D eigenvalue weighted by molar-refractivity contribution is 7.92. The molecule has 1 aliphatic carbocycles. The van der Waals surface area contributed by atoms with Crippen molar-refractivity contribution in [1.82, 2.24) is 9.80 Å². The van der Waals surface area contributed by atoms with E-state index in [0.29, 0.717) is 24.8 Å². The number of rotatable bonds is 9. The largest absolute Gasteiger partial charge is 0.488 e. The van der Waals surface area contributed by atoms with E-state index < -0.39 is 10.0 Å². The summed E-state index contributed by atoms with van der Waals surface area (Å²) in [4.78, 5) is 17.9. The number of nitrogens with one attached hydrogen (secondary N) is 1. The minimum atomic E-state index is -3.84. The van der Waals surface area contributed by atoms with Crippen molar-refractivity contribution in [3.63, 3.8) is 0 Å². The Morgan fingerprint density at radius 1 is 1.10 bits per heavy atom. The van der Waals surface area contributed by atoms with Crippen LogP contribution in [0.15, 0.2) is 47.4 Å². The molecule has 1 heterocycles. The first-order chi connectivity index (χ1) is 18.6. The molecule has 0 aromatic heterocycles. The number of nitrogens with zero attached hydrogens (tertiary/aromatic N) is 2. The fraction of sp³-hybridized carbons (Fsp3) is 0.567. The third-order valence-corrected chi connectivity index (χ3v) is 9.43. The number of sulfonamides is 1. The molecule has 2 N–H and O–H groups in total. The molecule has 1 aliphatic heterocycles. The number of carbonyl (C=O) groups is 1. The van der Waals surface area contributed by atoms with Gasteiger partial charge in [0.05, 0.1) is 23.1 Å². The number of ether oxygens (including phenoxy) is 1. The SMILES string of the molecule is Cc1ccc(S(=O)(=O)Nc2ccc3c(c2)C(=O)N([C@@H](C)CO)C[C@@H](C)[C@@H](CN(C)CC2CCCCC2)O3)cc1. The second-order valence-corrected chi connectivity index (χ2v) is 13.2. The Morgan fingerprint density at radius 3 is 2.46 bits per heavy atom. The predicted molar refractivity (Wildman–Crippen MR) is 154 cm³/mol.